The highest BCUT2D eigenvalue weighted by Gasteiger charge is 2.22. The van der Waals surface area contributed by atoms with Gasteiger partial charge in [0, 0.05) is 7.05 Å². The molecule has 0 spiro atoms. The van der Waals surface area contributed by atoms with Gasteiger partial charge in [0.15, 0.2) is 5.69 Å². The van der Waals surface area contributed by atoms with E-state index in [1.165, 1.54) is 5.56 Å². The number of carbonyl (C=O) groups is 1. The highest BCUT2D eigenvalue weighted by Crippen LogP contribution is 2.22. The fraction of sp³-hybridized carbons (Fsp3) is 0.227. The van der Waals surface area contributed by atoms with Gasteiger partial charge in [-0.25, -0.2) is 4.98 Å². The van der Waals surface area contributed by atoms with Crippen molar-refractivity contribution in [2.45, 2.75) is 27.4 Å². The number of nitrogens with zero attached hydrogens (tertiary/aromatic N) is 3. The number of anilines is 1. The van der Waals surface area contributed by atoms with E-state index in [0.29, 0.717) is 17.3 Å². The molecule has 7 nitrogen and oxygen atoms in total. The number of benzene rings is 2. The Hall–Kier alpha value is -3.61. The molecule has 2 heterocycles. The Morgan fingerprint density at radius 1 is 1.14 bits per heavy atom. The van der Waals surface area contributed by atoms with Gasteiger partial charge in [0.2, 0.25) is 5.95 Å². The lowest BCUT2D eigenvalue weighted by molar-refractivity contribution is 0.101. The minimum Gasteiger partial charge on any atom is -0.489 e. The van der Waals surface area contributed by atoms with Crippen LogP contribution >= 0.6 is 0 Å². The molecule has 0 fully saturated rings. The summed E-state index contributed by atoms with van der Waals surface area (Å²) in [6.07, 6.45) is 0. The van der Waals surface area contributed by atoms with Crippen LogP contribution in [0.4, 0.5) is 5.95 Å². The summed E-state index contributed by atoms with van der Waals surface area (Å²) in [5, 5.41) is 6.75. The van der Waals surface area contributed by atoms with Crippen LogP contribution in [0.2, 0.25) is 0 Å². The highest BCUT2D eigenvalue weighted by atomic mass is 16.5. The number of imidazole rings is 1. The smallest absolute Gasteiger partial charge is 0.280 e. The number of nitrogens with one attached hydrogen (secondary N) is 1. The summed E-state index contributed by atoms with van der Waals surface area (Å²) in [7, 11) is 1.85. The summed E-state index contributed by atoms with van der Waals surface area (Å²) >= 11 is 0. The van der Waals surface area contributed by atoms with Gasteiger partial charge in [0.1, 0.15) is 18.1 Å². The molecule has 0 aliphatic carbocycles. The molecule has 0 aliphatic rings. The van der Waals surface area contributed by atoms with Gasteiger partial charge in [-0.15, -0.1) is 0 Å². The van der Waals surface area contributed by atoms with Crippen LogP contribution in [0.5, 0.6) is 5.75 Å². The summed E-state index contributed by atoms with van der Waals surface area (Å²) in [5.41, 5.74) is 4.88. The van der Waals surface area contributed by atoms with Crippen molar-refractivity contribution < 1.29 is 14.1 Å². The Morgan fingerprint density at radius 3 is 2.69 bits per heavy atom. The zero-order chi connectivity index (χ0) is 20.5. The molecular formula is C22H22N4O3. The van der Waals surface area contributed by atoms with E-state index in [-0.39, 0.29) is 18.2 Å². The van der Waals surface area contributed by atoms with Crippen LogP contribution in [0, 0.1) is 20.8 Å². The zero-order valence-electron chi connectivity index (χ0n) is 16.8. The first-order valence-electron chi connectivity index (χ1n) is 9.32. The third-order valence-electron chi connectivity index (χ3n) is 5.07. The van der Waals surface area contributed by atoms with E-state index < -0.39 is 0 Å². The number of amides is 1. The van der Waals surface area contributed by atoms with Crippen LogP contribution in [-0.4, -0.2) is 20.6 Å². The molecule has 148 valence electrons. The van der Waals surface area contributed by atoms with Gasteiger partial charge in [-0.05, 0) is 56.2 Å². The number of carbonyl (C=O) groups excluding carboxylic acids is 1. The Bertz CT molecular complexity index is 1210. The molecule has 2 aromatic carbocycles. The van der Waals surface area contributed by atoms with Gasteiger partial charge in [-0.3, -0.25) is 10.1 Å². The van der Waals surface area contributed by atoms with Crippen molar-refractivity contribution >= 4 is 22.9 Å². The molecule has 0 unspecified atom stereocenters. The van der Waals surface area contributed by atoms with Gasteiger partial charge < -0.3 is 13.8 Å². The first kappa shape index (κ1) is 18.7. The monoisotopic (exact) mass is 390 g/mol. The number of fused-ring (bicyclic) bond motifs is 1. The van der Waals surface area contributed by atoms with Gasteiger partial charge >= 0.3 is 0 Å². The topological polar surface area (TPSA) is 82.2 Å². The second-order valence-electron chi connectivity index (χ2n) is 7.04. The second-order valence-corrected chi connectivity index (χ2v) is 7.04. The molecule has 0 saturated heterocycles. The van der Waals surface area contributed by atoms with E-state index in [4.69, 9.17) is 9.26 Å². The van der Waals surface area contributed by atoms with E-state index in [1.54, 1.807) is 6.92 Å². The van der Waals surface area contributed by atoms with Gasteiger partial charge in [0.05, 0.1) is 16.6 Å². The number of rotatable bonds is 5. The van der Waals surface area contributed by atoms with Crippen molar-refractivity contribution in [2.75, 3.05) is 5.32 Å². The zero-order valence-corrected chi connectivity index (χ0v) is 16.8. The number of hydrogen-bond donors (Lipinski definition) is 1. The van der Waals surface area contributed by atoms with E-state index >= 15 is 0 Å². The maximum atomic E-state index is 12.8. The number of aromatic nitrogens is 3. The van der Waals surface area contributed by atoms with Crippen LogP contribution < -0.4 is 10.1 Å². The summed E-state index contributed by atoms with van der Waals surface area (Å²) in [6, 6.07) is 13.6. The molecule has 7 heteroatoms. The van der Waals surface area contributed by atoms with E-state index in [2.05, 4.69) is 15.5 Å². The predicted molar refractivity (Wildman–Crippen MR) is 110 cm³/mol. The Morgan fingerprint density at radius 2 is 1.93 bits per heavy atom. The van der Waals surface area contributed by atoms with Crippen LogP contribution in [0.15, 0.2) is 47.0 Å². The van der Waals surface area contributed by atoms with Gasteiger partial charge in [-0.1, -0.05) is 23.4 Å². The van der Waals surface area contributed by atoms with Crippen molar-refractivity contribution in [2.24, 2.45) is 7.05 Å². The molecule has 2 aromatic heterocycles. The standard InChI is InChI=1S/C22H22N4O3/c1-13-9-10-16(11-14(13)2)28-12-17-15(3)29-25-20(17)21(27)24-22-23-18-7-5-6-8-19(18)26(22)4/h5-11H,12H2,1-4H3,(H,23,24,27). The molecule has 1 amide bonds. The fourth-order valence-corrected chi connectivity index (χ4v) is 3.12. The minimum absolute atomic E-state index is 0.184. The number of aryl methyl sites for hydroxylation is 4. The second kappa shape index (κ2) is 7.43. The van der Waals surface area contributed by atoms with Crippen molar-refractivity contribution in [3.05, 3.63) is 70.6 Å². The Balaban J connectivity index is 1.54. The number of para-hydroxylation sites is 2. The summed E-state index contributed by atoms with van der Waals surface area (Å²) in [6.45, 7) is 6.02. The van der Waals surface area contributed by atoms with E-state index in [1.807, 2.05) is 67.9 Å². The molecule has 4 aromatic rings. The van der Waals surface area contributed by atoms with Crippen molar-refractivity contribution in [1.82, 2.24) is 14.7 Å². The SMILES string of the molecule is Cc1ccc(OCc2c(C(=O)Nc3nc4ccccc4n3C)noc2C)cc1C. The molecule has 4 rings (SSSR count). The third-order valence-corrected chi connectivity index (χ3v) is 5.07. The summed E-state index contributed by atoms with van der Waals surface area (Å²) < 4.78 is 13.0. The predicted octanol–water partition coefficient (Wildman–Crippen LogP) is 4.32. The fourth-order valence-electron chi connectivity index (χ4n) is 3.12. The Kier molecular flexibility index (Phi) is 4.80. The summed E-state index contributed by atoms with van der Waals surface area (Å²) in [4.78, 5) is 17.3. The minimum atomic E-state index is -0.390. The Labute approximate surface area is 168 Å². The molecular weight excluding hydrogens is 368 g/mol. The van der Waals surface area contributed by atoms with E-state index in [9.17, 15) is 4.79 Å². The molecule has 1 N–H and O–H groups in total. The average Bonchev–Trinajstić information content (AvgIpc) is 3.23. The molecule has 0 aliphatic heterocycles. The van der Waals surface area contributed by atoms with Gasteiger partial charge in [-0.2, -0.15) is 0 Å². The molecule has 0 bridgehead atoms. The average molecular weight is 390 g/mol. The van der Waals surface area contributed by atoms with Gasteiger partial charge in [0.25, 0.3) is 5.91 Å². The maximum Gasteiger partial charge on any atom is 0.280 e. The van der Waals surface area contributed by atoms with Crippen LogP contribution in [0.25, 0.3) is 11.0 Å². The first-order valence-corrected chi connectivity index (χ1v) is 9.32. The lowest BCUT2D eigenvalue weighted by atomic mass is 10.1. The highest BCUT2D eigenvalue weighted by molar-refractivity contribution is 6.03. The lowest BCUT2D eigenvalue weighted by Gasteiger charge is -2.09. The largest absolute Gasteiger partial charge is 0.489 e. The third kappa shape index (κ3) is 3.59. The van der Waals surface area contributed by atoms with Crippen molar-refractivity contribution in [1.29, 1.82) is 0 Å². The number of ether oxygens (including phenoxy) is 1. The normalized spacial score (nSPS) is 11.0. The van der Waals surface area contributed by atoms with Crippen LogP contribution in [-0.2, 0) is 13.7 Å². The molecule has 0 atom stereocenters. The molecule has 29 heavy (non-hydrogen) atoms. The molecule has 0 radical (unpaired) electrons. The van der Waals surface area contributed by atoms with Crippen molar-refractivity contribution in [3.63, 3.8) is 0 Å². The van der Waals surface area contributed by atoms with E-state index in [0.717, 1.165) is 22.3 Å². The number of hydrogen-bond acceptors (Lipinski definition) is 5. The maximum absolute atomic E-state index is 12.8. The van der Waals surface area contributed by atoms with Crippen molar-refractivity contribution in [3.8, 4) is 5.75 Å². The summed E-state index contributed by atoms with van der Waals surface area (Å²) in [5.74, 6) is 1.33. The lowest BCUT2D eigenvalue weighted by Crippen LogP contribution is -2.17. The quantitative estimate of drug-likeness (QED) is 0.549. The van der Waals surface area contributed by atoms with Crippen LogP contribution in [0.1, 0.15) is 32.9 Å². The van der Waals surface area contributed by atoms with Crippen LogP contribution in [0.3, 0.4) is 0 Å². The first-order chi connectivity index (χ1) is 13.9. The molecule has 0 saturated carbocycles.